The number of carbonyl (C=O) groups is 2. The van der Waals surface area contributed by atoms with Gasteiger partial charge in [-0.2, -0.15) is 0 Å². The largest absolute Gasteiger partial charge is 0.399 e. The average molecular weight is 489 g/mol. The van der Waals surface area contributed by atoms with Crippen molar-refractivity contribution in [2.45, 2.75) is 45.1 Å². The molecule has 1 aromatic carbocycles. The molecule has 7 heteroatoms. The molecule has 5 aliphatic rings. The van der Waals surface area contributed by atoms with Gasteiger partial charge in [0.2, 0.25) is 11.8 Å². The smallest absolute Gasteiger partial charge is 0.242 e. The fraction of sp³-hybridized carbons (Fsp3) is 0.667. The molecule has 31 heavy (non-hydrogen) atoms. The lowest BCUT2D eigenvalue weighted by atomic mass is 9.67. The maximum Gasteiger partial charge on any atom is 0.242 e. The van der Waals surface area contributed by atoms with Gasteiger partial charge in [0.25, 0.3) is 0 Å². The lowest BCUT2D eigenvalue weighted by molar-refractivity contribution is -0.135. The molecule has 4 bridgehead atoms. The Hall–Kier alpha value is -1.60. The van der Waals surface area contributed by atoms with E-state index < -0.39 is 0 Å². The minimum atomic E-state index is 0.0352. The summed E-state index contributed by atoms with van der Waals surface area (Å²) in [6.07, 6.45) is 7.11. The van der Waals surface area contributed by atoms with Crippen LogP contribution in [0.5, 0.6) is 0 Å². The molecule has 4 saturated carbocycles. The minimum Gasteiger partial charge on any atom is -0.399 e. The van der Waals surface area contributed by atoms with Gasteiger partial charge in [0.15, 0.2) is 0 Å². The summed E-state index contributed by atoms with van der Waals surface area (Å²) >= 11 is 3.50. The first-order chi connectivity index (χ1) is 14.9. The number of nitrogens with one attached hydrogen (secondary N) is 1. The van der Waals surface area contributed by atoms with Gasteiger partial charge in [0.1, 0.15) is 0 Å². The summed E-state index contributed by atoms with van der Waals surface area (Å²) in [6, 6.07) is 5.99. The highest BCUT2D eigenvalue weighted by molar-refractivity contribution is 9.10. The van der Waals surface area contributed by atoms with Crippen molar-refractivity contribution in [1.82, 2.24) is 15.1 Å². The summed E-state index contributed by atoms with van der Waals surface area (Å²) < 4.78 is 0.991. The van der Waals surface area contributed by atoms with Crippen molar-refractivity contribution in [1.29, 1.82) is 0 Å². The molecule has 1 saturated heterocycles. The monoisotopic (exact) mass is 488 g/mol. The lowest BCUT2D eigenvalue weighted by Gasteiger charge is -2.38. The Bertz CT molecular complexity index is 827. The maximum absolute atomic E-state index is 12.6. The zero-order valence-corrected chi connectivity index (χ0v) is 19.7. The molecule has 0 aromatic heterocycles. The Morgan fingerprint density at radius 2 is 1.77 bits per heavy atom. The Morgan fingerprint density at radius 1 is 1.06 bits per heavy atom. The Labute approximate surface area is 193 Å². The van der Waals surface area contributed by atoms with Crippen LogP contribution >= 0.6 is 15.9 Å². The first kappa shape index (κ1) is 21.3. The fourth-order valence-electron chi connectivity index (χ4n) is 7.06. The molecule has 1 aromatic rings. The van der Waals surface area contributed by atoms with Gasteiger partial charge in [-0.25, -0.2) is 0 Å². The average Bonchev–Trinajstić information content (AvgIpc) is 3.12. The molecule has 4 aliphatic carbocycles. The number of nitrogen functional groups attached to an aromatic ring is 1. The number of piperazine rings is 1. The minimum absolute atomic E-state index is 0.0352. The number of nitrogens with zero attached hydrogens (tertiary/aromatic N) is 2. The number of anilines is 1. The molecule has 168 valence electrons. The van der Waals surface area contributed by atoms with Gasteiger partial charge in [0, 0.05) is 49.3 Å². The van der Waals surface area contributed by atoms with Gasteiger partial charge < -0.3 is 16.0 Å². The summed E-state index contributed by atoms with van der Waals surface area (Å²) in [4.78, 5) is 29.5. The number of amides is 2. The number of halogens is 1. The molecule has 2 atom stereocenters. The van der Waals surface area contributed by atoms with Gasteiger partial charge in [0.05, 0.1) is 6.54 Å². The fourth-order valence-corrected chi connectivity index (χ4v) is 7.62. The Kier molecular flexibility index (Phi) is 5.76. The zero-order chi connectivity index (χ0) is 21.6. The number of rotatable bonds is 6. The van der Waals surface area contributed by atoms with Crippen molar-refractivity contribution in [3.05, 3.63) is 28.2 Å². The molecular formula is C24H33BrN4O2. The summed E-state index contributed by atoms with van der Waals surface area (Å²) in [5.74, 6) is 2.71. The molecule has 3 N–H and O–H groups in total. The van der Waals surface area contributed by atoms with E-state index in [1.54, 1.807) is 0 Å². The van der Waals surface area contributed by atoms with E-state index in [9.17, 15) is 9.59 Å². The van der Waals surface area contributed by atoms with E-state index in [1.807, 2.05) is 17.0 Å². The second-order valence-corrected chi connectivity index (χ2v) is 11.4. The van der Waals surface area contributed by atoms with Crippen LogP contribution < -0.4 is 11.1 Å². The van der Waals surface area contributed by atoms with Crippen molar-refractivity contribution in [3.8, 4) is 0 Å². The predicted molar refractivity (Wildman–Crippen MR) is 124 cm³/mol. The van der Waals surface area contributed by atoms with Gasteiger partial charge in [-0.1, -0.05) is 15.9 Å². The number of carbonyl (C=O) groups excluding carboxylic acids is 2. The van der Waals surface area contributed by atoms with Crippen molar-refractivity contribution >= 4 is 33.4 Å². The molecule has 6 nitrogen and oxygen atoms in total. The van der Waals surface area contributed by atoms with E-state index in [-0.39, 0.29) is 23.8 Å². The standard InChI is InChI=1S/C24H33BrN4O2/c25-20-7-17(8-21(26)9-20)15-28-1-3-29(4-2-28)23(31)14-27-22(30)13-24-10-16-5-18(11-24)19(6-16)12-24/h7-9,16,18-19H,1-6,10-15,26H2,(H,27,30). The van der Waals surface area contributed by atoms with Crippen LogP contribution in [0.2, 0.25) is 0 Å². The molecule has 1 aliphatic heterocycles. The van der Waals surface area contributed by atoms with Crippen LogP contribution in [-0.2, 0) is 16.1 Å². The van der Waals surface area contributed by atoms with Gasteiger partial charge in [-0.05, 0) is 79.0 Å². The maximum atomic E-state index is 12.6. The third-order valence-electron chi connectivity index (χ3n) is 8.13. The summed E-state index contributed by atoms with van der Waals surface area (Å²) in [7, 11) is 0. The van der Waals surface area contributed by atoms with Crippen molar-refractivity contribution in [2.24, 2.45) is 23.2 Å². The molecule has 2 amide bonds. The quantitative estimate of drug-likeness (QED) is 0.603. The summed E-state index contributed by atoms with van der Waals surface area (Å²) in [5, 5.41) is 2.93. The topological polar surface area (TPSA) is 78.7 Å². The number of nitrogens with two attached hydrogens (primary N) is 1. The van der Waals surface area contributed by atoms with Crippen LogP contribution in [0.4, 0.5) is 5.69 Å². The second kappa shape index (κ2) is 8.39. The van der Waals surface area contributed by atoms with Crippen molar-refractivity contribution in [2.75, 3.05) is 38.5 Å². The molecular weight excluding hydrogens is 456 g/mol. The van der Waals surface area contributed by atoms with E-state index in [1.165, 1.54) is 37.7 Å². The van der Waals surface area contributed by atoms with E-state index >= 15 is 0 Å². The third kappa shape index (κ3) is 4.63. The first-order valence-electron chi connectivity index (χ1n) is 11.7. The molecule has 5 fully saturated rings. The van der Waals surface area contributed by atoms with Crippen LogP contribution in [0.15, 0.2) is 22.7 Å². The highest BCUT2D eigenvalue weighted by Gasteiger charge is 2.56. The zero-order valence-electron chi connectivity index (χ0n) is 18.1. The summed E-state index contributed by atoms with van der Waals surface area (Å²) in [6.45, 7) is 4.03. The predicted octanol–water partition coefficient (Wildman–Crippen LogP) is 3.01. The van der Waals surface area contributed by atoms with Crippen LogP contribution in [-0.4, -0.2) is 54.3 Å². The van der Waals surface area contributed by atoms with E-state index in [2.05, 4.69) is 32.2 Å². The summed E-state index contributed by atoms with van der Waals surface area (Å²) in [5.41, 5.74) is 8.11. The number of hydrogen-bond donors (Lipinski definition) is 2. The Balaban J connectivity index is 1.05. The van der Waals surface area contributed by atoms with Gasteiger partial charge >= 0.3 is 0 Å². The second-order valence-electron chi connectivity index (χ2n) is 10.5. The van der Waals surface area contributed by atoms with Gasteiger partial charge in [-0.3, -0.25) is 14.5 Å². The van der Waals surface area contributed by atoms with Crippen molar-refractivity contribution in [3.63, 3.8) is 0 Å². The highest BCUT2D eigenvalue weighted by Crippen LogP contribution is 2.65. The molecule has 6 rings (SSSR count). The SMILES string of the molecule is Nc1cc(Br)cc(CN2CCN(C(=O)CNC(=O)CC34CC5CC(C3)C(C5)C4)CC2)c1. The normalized spacial score (nSPS) is 31.9. The van der Waals surface area contributed by atoms with Gasteiger partial charge in [-0.15, -0.1) is 0 Å². The number of hydrogen-bond acceptors (Lipinski definition) is 4. The lowest BCUT2D eigenvalue weighted by Crippen LogP contribution is -2.51. The molecule has 1 heterocycles. The van der Waals surface area contributed by atoms with E-state index in [0.717, 1.165) is 47.5 Å². The molecule has 0 spiro atoms. The van der Waals surface area contributed by atoms with Crippen LogP contribution in [0.1, 0.15) is 44.1 Å². The molecule has 0 radical (unpaired) electrons. The van der Waals surface area contributed by atoms with E-state index in [4.69, 9.17) is 5.73 Å². The van der Waals surface area contributed by atoms with E-state index in [0.29, 0.717) is 19.5 Å². The van der Waals surface area contributed by atoms with Crippen molar-refractivity contribution < 1.29 is 9.59 Å². The van der Waals surface area contributed by atoms with Crippen LogP contribution in [0, 0.1) is 23.2 Å². The highest BCUT2D eigenvalue weighted by atomic mass is 79.9. The molecule has 2 unspecified atom stereocenters. The number of benzene rings is 1. The van der Waals surface area contributed by atoms with Crippen LogP contribution in [0.25, 0.3) is 0 Å². The first-order valence-corrected chi connectivity index (χ1v) is 12.5. The Morgan fingerprint density at radius 3 is 2.42 bits per heavy atom. The third-order valence-corrected chi connectivity index (χ3v) is 8.59. The van der Waals surface area contributed by atoms with Crippen LogP contribution in [0.3, 0.4) is 0 Å².